The highest BCUT2D eigenvalue weighted by Gasteiger charge is 2.41. The molecule has 0 spiro atoms. The van der Waals surface area contributed by atoms with E-state index in [2.05, 4.69) is 12.2 Å². The molecule has 3 rings (SSSR count). The first-order valence-electron chi connectivity index (χ1n) is 11.9. The average Bonchev–Trinajstić information content (AvgIpc) is 2.85. The minimum atomic E-state index is -0.606. The summed E-state index contributed by atoms with van der Waals surface area (Å²) in [6.07, 6.45) is 6.58. The molecule has 2 aromatic rings. The van der Waals surface area contributed by atoms with Crippen LogP contribution in [0.2, 0.25) is 0 Å². The molecule has 0 radical (unpaired) electrons. The smallest absolute Gasteiger partial charge is 0.341 e. The highest BCUT2D eigenvalue weighted by Crippen LogP contribution is 2.41. The summed E-state index contributed by atoms with van der Waals surface area (Å²) >= 11 is 0. The van der Waals surface area contributed by atoms with Gasteiger partial charge in [-0.05, 0) is 62.1 Å². The number of esters is 1. The van der Waals surface area contributed by atoms with E-state index in [0.29, 0.717) is 23.6 Å². The highest BCUT2D eigenvalue weighted by molar-refractivity contribution is 6.01. The number of carbonyl (C=O) groups is 2. The lowest BCUT2D eigenvalue weighted by molar-refractivity contribution is -0.122. The topological polar surface area (TPSA) is 73.9 Å². The lowest BCUT2D eigenvalue weighted by Crippen LogP contribution is -2.42. The van der Waals surface area contributed by atoms with E-state index >= 15 is 0 Å². The summed E-state index contributed by atoms with van der Waals surface area (Å²) < 4.78 is 16.3. The van der Waals surface area contributed by atoms with Gasteiger partial charge in [-0.3, -0.25) is 4.79 Å². The molecule has 0 heterocycles. The van der Waals surface area contributed by atoms with Crippen molar-refractivity contribution in [2.24, 2.45) is 0 Å². The molecule has 2 aromatic carbocycles. The third-order valence-corrected chi connectivity index (χ3v) is 6.27. The number of carbonyl (C=O) groups excluding carboxylic acids is 2. The Kier molecular flexibility index (Phi) is 8.75. The predicted octanol–water partition coefficient (Wildman–Crippen LogP) is 5.89. The van der Waals surface area contributed by atoms with Crippen molar-refractivity contribution < 1.29 is 23.8 Å². The summed E-state index contributed by atoms with van der Waals surface area (Å²) in [7, 11) is 1.63. The maximum Gasteiger partial charge on any atom is 0.341 e. The molecule has 1 amide bonds. The average molecular weight is 454 g/mol. The molecule has 0 saturated heterocycles. The zero-order chi connectivity index (χ0) is 23.7. The first kappa shape index (κ1) is 24.6. The number of methoxy groups -OCH3 is 1. The monoisotopic (exact) mass is 453 g/mol. The van der Waals surface area contributed by atoms with Crippen LogP contribution in [-0.2, 0) is 14.9 Å². The molecule has 0 aliphatic heterocycles. The number of nitrogens with one attached hydrogen (secondary N) is 1. The zero-order valence-corrected chi connectivity index (χ0v) is 19.9. The fraction of sp³-hybridized carbons (Fsp3) is 0.481. The summed E-state index contributed by atoms with van der Waals surface area (Å²) in [5.74, 6) is 0.731. The van der Waals surface area contributed by atoms with Crippen molar-refractivity contribution in [1.82, 2.24) is 0 Å². The lowest BCUT2D eigenvalue weighted by Gasteiger charge is -2.36. The van der Waals surface area contributed by atoms with E-state index in [9.17, 15) is 9.59 Å². The molecule has 178 valence electrons. The summed E-state index contributed by atoms with van der Waals surface area (Å²) in [6, 6.07) is 12.9. The minimum absolute atomic E-state index is 0.0539. The molecule has 1 fully saturated rings. The second-order valence-corrected chi connectivity index (χ2v) is 8.46. The van der Waals surface area contributed by atoms with E-state index in [1.54, 1.807) is 32.2 Å². The van der Waals surface area contributed by atoms with Gasteiger partial charge in [0.1, 0.15) is 17.1 Å². The number of rotatable bonds is 10. The predicted molar refractivity (Wildman–Crippen MR) is 129 cm³/mol. The number of unbranched alkanes of at least 4 members (excludes halogenated alkanes) is 1. The maximum absolute atomic E-state index is 13.7. The maximum atomic E-state index is 13.7. The quantitative estimate of drug-likeness (QED) is 0.359. The van der Waals surface area contributed by atoms with Gasteiger partial charge < -0.3 is 19.5 Å². The first-order chi connectivity index (χ1) is 16.0. The second kappa shape index (κ2) is 11.7. The molecular weight excluding hydrogens is 418 g/mol. The molecule has 1 aliphatic rings. The van der Waals surface area contributed by atoms with Gasteiger partial charge in [0.2, 0.25) is 5.91 Å². The van der Waals surface area contributed by atoms with E-state index in [1.165, 1.54) is 0 Å². The van der Waals surface area contributed by atoms with Gasteiger partial charge in [0.15, 0.2) is 0 Å². The van der Waals surface area contributed by atoms with Gasteiger partial charge in [-0.15, -0.1) is 0 Å². The number of ether oxygens (including phenoxy) is 3. The van der Waals surface area contributed by atoms with Crippen LogP contribution < -0.4 is 14.8 Å². The number of hydrogen-bond acceptors (Lipinski definition) is 5. The van der Waals surface area contributed by atoms with Crippen LogP contribution in [0.5, 0.6) is 11.5 Å². The molecule has 1 saturated carbocycles. The molecule has 6 heteroatoms. The summed E-state index contributed by atoms with van der Waals surface area (Å²) in [5, 5.41) is 3.08. The summed E-state index contributed by atoms with van der Waals surface area (Å²) in [6.45, 7) is 4.64. The second-order valence-electron chi connectivity index (χ2n) is 8.46. The zero-order valence-electron chi connectivity index (χ0n) is 19.9. The van der Waals surface area contributed by atoms with Gasteiger partial charge >= 0.3 is 5.97 Å². The molecule has 6 nitrogen and oxygen atoms in total. The number of hydrogen-bond donors (Lipinski definition) is 1. The highest BCUT2D eigenvalue weighted by atomic mass is 16.5. The Morgan fingerprint density at radius 2 is 1.73 bits per heavy atom. The number of amides is 1. The van der Waals surface area contributed by atoms with Gasteiger partial charge in [-0.1, -0.05) is 44.7 Å². The van der Waals surface area contributed by atoms with Crippen LogP contribution >= 0.6 is 0 Å². The minimum Gasteiger partial charge on any atom is -0.497 e. The van der Waals surface area contributed by atoms with E-state index in [-0.39, 0.29) is 12.5 Å². The van der Waals surface area contributed by atoms with Gasteiger partial charge in [0, 0.05) is 5.69 Å². The standard InChI is InChI=1S/C27H35NO5/c1-4-6-18-33-24-15-12-21(19-23(24)25(29)32-5-2)28-26(30)27(16-8-7-9-17-27)20-10-13-22(31-3)14-11-20/h10-15,19H,4-9,16-18H2,1-3H3,(H,28,30). The first-order valence-corrected chi connectivity index (χ1v) is 11.9. The van der Waals surface area contributed by atoms with Crippen molar-refractivity contribution in [1.29, 1.82) is 0 Å². The van der Waals surface area contributed by atoms with Crippen molar-refractivity contribution in [3.8, 4) is 11.5 Å². The van der Waals surface area contributed by atoms with Gasteiger partial charge in [0.05, 0.1) is 25.7 Å². The molecule has 1 aliphatic carbocycles. The normalized spacial score (nSPS) is 14.9. The molecular formula is C27H35NO5. The molecule has 1 N–H and O–H groups in total. The fourth-order valence-corrected chi connectivity index (χ4v) is 4.39. The van der Waals surface area contributed by atoms with Crippen LogP contribution in [0.4, 0.5) is 5.69 Å². The summed E-state index contributed by atoms with van der Waals surface area (Å²) in [4.78, 5) is 26.2. The van der Waals surface area contributed by atoms with Crippen molar-refractivity contribution in [3.05, 3.63) is 53.6 Å². The van der Waals surface area contributed by atoms with E-state index in [1.807, 2.05) is 24.3 Å². The Balaban J connectivity index is 1.88. The third kappa shape index (κ3) is 5.86. The molecule has 33 heavy (non-hydrogen) atoms. The van der Waals surface area contributed by atoms with Crippen molar-refractivity contribution in [2.45, 2.75) is 64.2 Å². The van der Waals surface area contributed by atoms with Gasteiger partial charge in [-0.2, -0.15) is 0 Å². The summed E-state index contributed by atoms with van der Waals surface area (Å²) in [5.41, 5.74) is 1.27. The van der Waals surface area contributed by atoms with E-state index in [4.69, 9.17) is 14.2 Å². The van der Waals surface area contributed by atoms with E-state index < -0.39 is 11.4 Å². The number of anilines is 1. The van der Waals surface area contributed by atoms with Crippen LogP contribution in [0.15, 0.2) is 42.5 Å². The van der Waals surface area contributed by atoms with E-state index in [0.717, 1.165) is 56.3 Å². The Labute approximate surface area is 196 Å². The molecule has 0 aromatic heterocycles. The molecule has 0 atom stereocenters. The Morgan fingerprint density at radius 3 is 2.36 bits per heavy atom. The SMILES string of the molecule is CCCCOc1ccc(NC(=O)C2(c3ccc(OC)cc3)CCCCC2)cc1C(=O)OCC. The van der Waals surface area contributed by atoms with Gasteiger partial charge in [0.25, 0.3) is 0 Å². The Morgan fingerprint density at radius 1 is 1.00 bits per heavy atom. The fourth-order valence-electron chi connectivity index (χ4n) is 4.39. The van der Waals surface area contributed by atoms with Crippen LogP contribution in [-0.4, -0.2) is 32.2 Å². The van der Waals surface area contributed by atoms with Crippen LogP contribution in [0.25, 0.3) is 0 Å². The van der Waals surface area contributed by atoms with Crippen LogP contribution in [0.1, 0.15) is 74.7 Å². The molecule has 0 bridgehead atoms. The van der Waals surface area contributed by atoms with Crippen LogP contribution in [0, 0.1) is 0 Å². The number of benzene rings is 2. The Bertz CT molecular complexity index is 932. The third-order valence-electron chi connectivity index (χ3n) is 6.27. The van der Waals surface area contributed by atoms with Crippen molar-refractivity contribution >= 4 is 17.6 Å². The Hall–Kier alpha value is -3.02. The van der Waals surface area contributed by atoms with Crippen molar-refractivity contribution in [2.75, 3.05) is 25.6 Å². The van der Waals surface area contributed by atoms with Crippen LogP contribution in [0.3, 0.4) is 0 Å². The molecule has 0 unspecified atom stereocenters. The largest absolute Gasteiger partial charge is 0.497 e. The lowest BCUT2D eigenvalue weighted by atomic mass is 9.68. The van der Waals surface area contributed by atoms with Gasteiger partial charge in [-0.25, -0.2) is 4.79 Å². The van der Waals surface area contributed by atoms with Crippen molar-refractivity contribution in [3.63, 3.8) is 0 Å².